The van der Waals surface area contributed by atoms with Crippen molar-refractivity contribution in [2.45, 2.75) is 135 Å². The van der Waals surface area contributed by atoms with Crippen molar-refractivity contribution < 1.29 is 48.3 Å². The van der Waals surface area contributed by atoms with Gasteiger partial charge < -0.3 is 38.8 Å². The van der Waals surface area contributed by atoms with E-state index in [0.29, 0.717) is 18.4 Å². The number of Topliss-reactive ketones (excluding diaryl/α,β-unsaturated/α-hetero) is 1. The number of ketones is 1. The van der Waals surface area contributed by atoms with E-state index in [1.54, 1.807) is 58.2 Å². The molecule has 4 rings (SSSR count). The summed E-state index contributed by atoms with van der Waals surface area (Å²) in [6.07, 6.45) is -1.58. The number of aliphatic hydroxyl groups excluding tert-OH is 1. The van der Waals surface area contributed by atoms with Crippen LogP contribution in [0.5, 0.6) is 5.75 Å². The largest absolute Gasteiger partial charge is 0.508 e. The third kappa shape index (κ3) is 8.60. The van der Waals surface area contributed by atoms with E-state index < -0.39 is 71.7 Å². The average molecular weight is 718 g/mol. The van der Waals surface area contributed by atoms with Crippen molar-refractivity contribution in [2.24, 2.45) is 17.8 Å². The minimum Gasteiger partial charge on any atom is -0.508 e. The van der Waals surface area contributed by atoms with E-state index in [0.717, 1.165) is 5.56 Å². The molecule has 3 N–H and O–H groups in total. The summed E-state index contributed by atoms with van der Waals surface area (Å²) >= 11 is 0. The number of ether oxygens (including phenoxy) is 5. The number of fused-ring (bicyclic) bond motifs is 1. The molecule has 1 aromatic carbocycles. The number of hydrazine groups is 1. The maximum Gasteiger partial charge on any atom is 0.425 e. The molecule has 0 spiro atoms. The number of carbonyl (C=O) groups excluding carboxylic acids is 3. The third-order valence-electron chi connectivity index (χ3n) is 11.1. The Kier molecular flexibility index (Phi) is 13.0. The molecule has 2 fully saturated rings. The lowest BCUT2D eigenvalue weighted by atomic mass is 9.74. The highest BCUT2D eigenvalue weighted by atomic mass is 16.7. The van der Waals surface area contributed by atoms with Gasteiger partial charge in [-0.05, 0) is 78.7 Å². The number of aromatic hydroxyl groups is 1. The van der Waals surface area contributed by atoms with Gasteiger partial charge >= 0.3 is 12.1 Å². The van der Waals surface area contributed by atoms with Crippen molar-refractivity contribution in [1.82, 2.24) is 15.3 Å². The van der Waals surface area contributed by atoms with E-state index >= 15 is 0 Å². The van der Waals surface area contributed by atoms with Crippen molar-refractivity contribution in [2.75, 3.05) is 21.2 Å². The quantitative estimate of drug-likeness (QED) is 0.328. The second-order valence-electron chi connectivity index (χ2n) is 15.3. The number of hydrogen-bond acceptors (Lipinski definition) is 12. The van der Waals surface area contributed by atoms with Crippen LogP contribution in [0.3, 0.4) is 0 Å². The highest BCUT2D eigenvalue weighted by Gasteiger charge is 2.60. The summed E-state index contributed by atoms with van der Waals surface area (Å²) < 4.78 is 31.2. The first-order valence-corrected chi connectivity index (χ1v) is 18.0. The van der Waals surface area contributed by atoms with Crippen LogP contribution in [-0.4, -0.2) is 113 Å². The molecule has 0 aromatic heterocycles. The number of methoxy groups -OCH3 is 1. The fraction of sp³-hybridized carbons (Fsp3) is 0.711. The Bertz CT molecular complexity index is 1420. The van der Waals surface area contributed by atoms with E-state index in [1.807, 2.05) is 53.6 Å². The fourth-order valence-corrected chi connectivity index (χ4v) is 8.23. The summed E-state index contributed by atoms with van der Waals surface area (Å²) in [6, 6.07) is 5.47. The van der Waals surface area contributed by atoms with Crippen LogP contribution in [0, 0.1) is 17.8 Å². The fourth-order valence-electron chi connectivity index (χ4n) is 8.23. The predicted octanol–water partition coefficient (Wildman–Crippen LogP) is 4.34. The number of phenols is 1. The monoisotopic (exact) mass is 717 g/mol. The predicted molar refractivity (Wildman–Crippen MR) is 189 cm³/mol. The molecule has 0 unspecified atom stereocenters. The molecule has 3 heterocycles. The molecule has 13 heteroatoms. The molecule has 286 valence electrons. The molecular formula is C38H59N3O10. The van der Waals surface area contributed by atoms with E-state index in [9.17, 15) is 24.6 Å². The zero-order valence-electron chi connectivity index (χ0n) is 32.0. The number of carbonyl (C=O) groups is 3. The number of hydrogen-bond donors (Lipinski definition) is 3. The summed E-state index contributed by atoms with van der Waals surface area (Å²) in [6.45, 7) is 14.7. The van der Waals surface area contributed by atoms with Gasteiger partial charge in [0.15, 0.2) is 11.9 Å². The van der Waals surface area contributed by atoms with Crippen LogP contribution in [0.1, 0.15) is 80.2 Å². The van der Waals surface area contributed by atoms with Gasteiger partial charge in [-0.25, -0.2) is 20.0 Å². The second kappa shape index (κ2) is 16.3. The van der Waals surface area contributed by atoms with Crippen LogP contribution in [0.2, 0.25) is 0 Å². The number of phenolic OH excluding ortho intramolecular Hbond substituents is 1. The van der Waals surface area contributed by atoms with Crippen molar-refractivity contribution in [3.63, 3.8) is 0 Å². The number of esters is 1. The highest BCUT2D eigenvalue weighted by Crippen LogP contribution is 2.42. The van der Waals surface area contributed by atoms with Gasteiger partial charge in [-0.1, -0.05) is 45.9 Å². The van der Waals surface area contributed by atoms with Crippen LogP contribution in [0.15, 0.2) is 35.9 Å². The van der Waals surface area contributed by atoms with Gasteiger partial charge in [0, 0.05) is 43.0 Å². The number of nitrogens with zero attached hydrogens (tertiary/aromatic N) is 2. The number of benzene rings is 1. The normalized spacial score (nSPS) is 39.5. The van der Waals surface area contributed by atoms with Crippen molar-refractivity contribution in [3.05, 3.63) is 41.5 Å². The van der Waals surface area contributed by atoms with Crippen molar-refractivity contribution in [1.29, 1.82) is 0 Å². The molecule has 1 amide bonds. The molecule has 3 aliphatic heterocycles. The lowest BCUT2D eigenvalue weighted by molar-refractivity contribution is -0.294. The Labute approximate surface area is 302 Å². The standard InChI is InChI=1S/C38H59N3O10/c1-12-29-38(8)32(41(36(46)51-38)39-20-26-13-15-27(42)16-14-26)25(6)30(43)23(4)19-37(7,47-11)33(21(2)17-22(3)34(45)49-29)50-35-31(44)28(40(9)10)18-24(5)48-35/h13-17,21,23-25,28-29,31-33,35,39,42,44H,12,18-20H2,1-11H3/b22-17+/t21-,23+,24+,25-,28-,29+,31+,32+,33+,35-,37-,38+/m0/s1. The van der Waals surface area contributed by atoms with Crippen molar-refractivity contribution >= 4 is 17.8 Å². The lowest BCUT2D eigenvalue weighted by Gasteiger charge is -2.46. The van der Waals surface area contributed by atoms with Gasteiger partial charge in [0.05, 0.1) is 17.8 Å². The zero-order valence-corrected chi connectivity index (χ0v) is 32.0. The first-order chi connectivity index (χ1) is 23.9. The van der Waals surface area contributed by atoms with Crippen LogP contribution in [-0.2, 0) is 39.8 Å². The Morgan fingerprint density at radius 3 is 2.31 bits per heavy atom. The zero-order chi connectivity index (χ0) is 38.0. The number of nitrogens with one attached hydrogen (secondary N) is 1. The summed E-state index contributed by atoms with van der Waals surface area (Å²) in [5.74, 6) is -2.44. The number of likely N-dealkylation sites (N-methyl/N-ethyl adjacent to an activating group) is 1. The van der Waals surface area contributed by atoms with Crippen LogP contribution >= 0.6 is 0 Å². The Morgan fingerprint density at radius 2 is 1.73 bits per heavy atom. The second-order valence-corrected chi connectivity index (χ2v) is 15.3. The van der Waals surface area contributed by atoms with E-state index in [-0.39, 0.29) is 36.6 Å². The maximum atomic E-state index is 14.5. The number of amides is 1. The van der Waals surface area contributed by atoms with Crippen molar-refractivity contribution in [3.8, 4) is 5.75 Å². The van der Waals surface area contributed by atoms with Crippen LogP contribution < -0.4 is 5.43 Å². The Morgan fingerprint density at radius 1 is 1.08 bits per heavy atom. The summed E-state index contributed by atoms with van der Waals surface area (Å²) in [5, 5.41) is 22.5. The minimum atomic E-state index is -1.39. The lowest BCUT2D eigenvalue weighted by Crippen LogP contribution is -2.60. The molecule has 12 atom stereocenters. The smallest absolute Gasteiger partial charge is 0.425 e. The van der Waals surface area contributed by atoms with Gasteiger partial charge in [0.25, 0.3) is 0 Å². The molecule has 51 heavy (non-hydrogen) atoms. The molecule has 0 aliphatic carbocycles. The molecule has 2 saturated heterocycles. The van der Waals surface area contributed by atoms with E-state index in [1.165, 1.54) is 5.01 Å². The molecular weight excluding hydrogens is 658 g/mol. The van der Waals surface area contributed by atoms with Crippen LogP contribution in [0.25, 0.3) is 0 Å². The highest BCUT2D eigenvalue weighted by molar-refractivity contribution is 5.88. The summed E-state index contributed by atoms with van der Waals surface area (Å²) in [7, 11) is 5.36. The van der Waals surface area contributed by atoms with E-state index in [4.69, 9.17) is 23.7 Å². The number of cyclic esters (lactones) is 1. The molecule has 0 bridgehead atoms. The maximum absolute atomic E-state index is 14.5. The Balaban J connectivity index is 1.76. The Hall–Kier alpha value is -3.07. The summed E-state index contributed by atoms with van der Waals surface area (Å²) in [4.78, 5) is 43.9. The molecule has 13 nitrogen and oxygen atoms in total. The van der Waals surface area contributed by atoms with Gasteiger partial charge in [-0.2, -0.15) is 0 Å². The first-order valence-electron chi connectivity index (χ1n) is 18.0. The molecule has 0 saturated carbocycles. The van der Waals surface area contributed by atoms with Gasteiger partial charge in [-0.3, -0.25) is 4.79 Å². The first kappa shape index (κ1) is 40.7. The van der Waals surface area contributed by atoms with Gasteiger partial charge in [0.2, 0.25) is 0 Å². The molecule has 0 radical (unpaired) electrons. The third-order valence-corrected chi connectivity index (χ3v) is 11.1. The molecule has 3 aliphatic rings. The summed E-state index contributed by atoms with van der Waals surface area (Å²) in [5.41, 5.74) is 1.77. The van der Waals surface area contributed by atoms with Gasteiger partial charge in [-0.15, -0.1) is 0 Å². The topological polar surface area (TPSA) is 156 Å². The minimum absolute atomic E-state index is 0.114. The van der Waals surface area contributed by atoms with E-state index in [2.05, 4.69) is 5.43 Å². The van der Waals surface area contributed by atoms with Gasteiger partial charge in [0.1, 0.15) is 29.8 Å². The average Bonchev–Trinajstić information content (AvgIpc) is 3.34. The van der Waals surface area contributed by atoms with Crippen LogP contribution in [0.4, 0.5) is 4.79 Å². The molecule has 1 aromatic rings. The number of rotatable bonds is 8. The number of aliphatic hydroxyl groups is 1. The SMILES string of the molecule is CC[C@H]1OC(=O)/C(C)=C/[C@H](C)[C@@H](O[C@@H]2O[C@H](C)C[C@H](N(C)C)[C@H]2O)[C@@](C)(OC)C[C@@H](C)C(=O)[C@H](C)[C@H]2N(NCc3ccc(O)cc3)C(=O)O[C@]12C.